The van der Waals surface area contributed by atoms with Crippen molar-refractivity contribution >= 4 is 17.7 Å². The lowest BCUT2D eigenvalue weighted by Gasteiger charge is -2.35. The number of aryl methyl sites for hydroxylation is 2. The highest BCUT2D eigenvalue weighted by Crippen LogP contribution is 2.30. The van der Waals surface area contributed by atoms with E-state index in [2.05, 4.69) is 49.5 Å². The molecule has 2 aromatic rings. The molecule has 1 amide bonds. The Hall–Kier alpha value is -1.78. The zero-order valence-electron chi connectivity index (χ0n) is 17.1. The number of piperidine rings is 1. The maximum atomic E-state index is 13.1. The van der Waals surface area contributed by atoms with Gasteiger partial charge >= 0.3 is 0 Å². The molecule has 3 nitrogen and oxygen atoms in total. The molecule has 2 aromatic carbocycles. The lowest BCUT2D eigenvalue weighted by molar-refractivity contribution is 0.0681. The highest BCUT2D eigenvalue weighted by atomic mass is 32.2. The number of thioether (sulfide) groups is 1. The van der Waals surface area contributed by atoms with Gasteiger partial charge in [0, 0.05) is 41.4 Å². The summed E-state index contributed by atoms with van der Waals surface area (Å²) in [6, 6.07) is 16.3. The van der Waals surface area contributed by atoms with Gasteiger partial charge in [0.2, 0.25) is 0 Å². The molecule has 4 rings (SSSR count). The number of nitrogens with one attached hydrogen (secondary N) is 1. The number of carbonyl (C=O) groups is 1. The van der Waals surface area contributed by atoms with Crippen molar-refractivity contribution in [2.24, 2.45) is 0 Å². The summed E-state index contributed by atoms with van der Waals surface area (Å²) in [4.78, 5) is 16.4. The molecule has 4 heteroatoms. The van der Waals surface area contributed by atoms with E-state index in [1.165, 1.54) is 34.4 Å². The predicted octanol–water partition coefficient (Wildman–Crippen LogP) is 4.95. The fourth-order valence-electron chi connectivity index (χ4n) is 4.63. The third kappa shape index (κ3) is 4.28. The van der Waals surface area contributed by atoms with Gasteiger partial charge in [-0.3, -0.25) is 4.79 Å². The van der Waals surface area contributed by atoms with Gasteiger partial charge in [0.1, 0.15) is 0 Å². The van der Waals surface area contributed by atoms with Gasteiger partial charge in [0.05, 0.1) is 0 Å². The van der Waals surface area contributed by atoms with Gasteiger partial charge in [-0.05, 0) is 68.9 Å². The van der Waals surface area contributed by atoms with Gasteiger partial charge in [0.15, 0.2) is 0 Å². The molecule has 0 spiro atoms. The predicted molar refractivity (Wildman–Crippen MR) is 117 cm³/mol. The van der Waals surface area contributed by atoms with Crippen molar-refractivity contribution in [3.8, 4) is 0 Å². The quantitative estimate of drug-likeness (QED) is 0.728. The van der Waals surface area contributed by atoms with Crippen LogP contribution in [0.3, 0.4) is 0 Å². The summed E-state index contributed by atoms with van der Waals surface area (Å²) in [6.45, 7) is 4.29. The molecule has 2 aliphatic heterocycles. The molecule has 0 saturated carbocycles. The van der Waals surface area contributed by atoms with Crippen molar-refractivity contribution in [1.82, 2.24) is 10.2 Å². The number of amides is 1. The maximum absolute atomic E-state index is 13.1. The zero-order chi connectivity index (χ0) is 19.7. The fourth-order valence-corrected chi connectivity index (χ4v) is 5.58. The van der Waals surface area contributed by atoms with Crippen LogP contribution in [-0.2, 0) is 5.75 Å². The van der Waals surface area contributed by atoms with E-state index < -0.39 is 0 Å². The Morgan fingerprint density at radius 2 is 1.86 bits per heavy atom. The first-order valence-corrected chi connectivity index (χ1v) is 11.3. The molecule has 0 radical (unpaired) electrons. The van der Waals surface area contributed by atoms with Crippen molar-refractivity contribution in [3.05, 3.63) is 64.7 Å². The number of rotatable bonds is 5. The van der Waals surface area contributed by atoms with Crippen LogP contribution in [0.5, 0.6) is 0 Å². The summed E-state index contributed by atoms with van der Waals surface area (Å²) < 4.78 is 0. The van der Waals surface area contributed by atoms with E-state index >= 15 is 0 Å². The number of hydrogen-bond donors (Lipinski definition) is 1. The van der Waals surface area contributed by atoms with Crippen LogP contribution in [-0.4, -0.2) is 36.0 Å². The minimum atomic E-state index is 0.157. The Morgan fingerprint density at radius 3 is 2.57 bits per heavy atom. The molecule has 2 saturated heterocycles. The molecular weight excluding hydrogens is 364 g/mol. The number of benzene rings is 2. The third-order valence-electron chi connectivity index (χ3n) is 6.21. The van der Waals surface area contributed by atoms with Crippen molar-refractivity contribution in [1.29, 1.82) is 0 Å². The standard InChI is InChI=1S/C24H30N2OS/c1-16-7-10-23(17(2)11-16)28-15-18-5-4-6-19(12-18)24(27)26(3)22-13-20-8-9-21(14-22)25-20/h4-7,10-12,20-22,25H,8-9,13-15H2,1-3H3. The van der Waals surface area contributed by atoms with Crippen LogP contribution >= 0.6 is 11.8 Å². The molecule has 2 heterocycles. The Bertz CT molecular complexity index is 853. The van der Waals surface area contributed by atoms with Crippen molar-refractivity contribution in [3.63, 3.8) is 0 Å². The highest BCUT2D eigenvalue weighted by molar-refractivity contribution is 7.98. The van der Waals surface area contributed by atoms with Crippen molar-refractivity contribution in [2.75, 3.05) is 7.05 Å². The van der Waals surface area contributed by atoms with Crippen LogP contribution in [0.4, 0.5) is 0 Å². The lowest BCUT2D eigenvalue weighted by Crippen LogP contribution is -2.48. The first-order valence-electron chi connectivity index (χ1n) is 10.3. The van der Waals surface area contributed by atoms with Crippen LogP contribution in [0.25, 0.3) is 0 Å². The molecule has 28 heavy (non-hydrogen) atoms. The van der Waals surface area contributed by atoms with Crippen LogP contribution in [0.15, 0.2) is 47.4 Å². The van der Waals surface area contributed by atoms with Gasteiger partial charge < -0.3 is 10.2 Å². The normalized spacial score (nSPS) is 23.6. The largest absolute Gasteiger partial charge is 0.339 e. The molecule has 1 N–H and O–H groups in total. The number of fused-ring (bicyclic) bond motifs is 2. The van der Waals surface area contributed by atoms with Crippen LogP contribution < -0.4 is 5.32 Å². The molecule has 2 aliphatic rings. The Labute approximate surface area is 172 Å². The molecule has 2 unspecified atom stereocenters. The second kappa shape index (κ2) is 8.30. The second-order valence-corrected chi connectivity index (χ2v) is 9.45. The summed E-state index contributed by atoms with van der Waals surface area (Å²) in [5.41, 5.74) is 4.63. The monoisotopic (exact) mass is 394 g/mol. The zero-order valence-corrected chi connectivity index (χ0v) is 17.9. The van der Waals surface area contributed by atoms with Crippen LogP contribution in [0, 0.1) is 13.8 Å². The molecule has 2 bridgehead atoms. The minimum Gasteiger partial charge on any atom is -0.339 e. The minimum absolute atomic E-state index is 0.157. The smallest absolute Gasteiger partial charge is 0.253 e. The molecule has 2 atom stereocenters. The Balaban J connectivity index is 1.42. The van der Waals surface area contributed by atoms with E-state index in [-0.39, 0.29) is 5.91 Å². The van der Waals surface area contributed by atoms with E-state index in [0.717, 1.165) is 24.2 Å². The third-order valence-corrected chi connectivity index (χ3v) is 7.46. The van der Waals surface area contributed by atoms with Gasteiger partial charge in [-0.15, -0.1) is 11.8 Å². The van der Waals surface area contributed by atoms with E-state index in [4.69, 9.17) is 0 Å². The average Bonchev–Trinajstić information content (AvgIpc) is 3.04. The number of hydrogen-bond acceptors (Lipinski definition) is 3. The van der Waals surface area contributed by atoms with Gasteiger partial charge in [-0.25, -0.2) is 0 Å². The van der Waals surface area contributed by atoms with E-state index in [0.29, 0.717) is 18.1 Å². The Morgan fingerprint density at radius 1 is 1.11 bits per heavy atom. The second-order valence-electron chi connectivity index (χ2n) is 8.44. The lowest BCUT2D eigenvalue weighted by atomic mass is 9.98. The van der Waals surface area contributed by atoms with E-state index in [9.17, 15) is 4.79 Å². The summed E-state index contributed by atoms with van der Waals surface area (Å²) in [5.74, 6) is 1.04. The van der Waals surface area contributed by atoms with E-state index in [1.54, 1.807) is 0 Å². The fraction of sp³-hybridized carbons (Fsp3) is 0.458. The summed E-state index contributed by atoms with van der Waals surface area (Å²) >= 11 is 1.84. The first-order chi connectivity index (χ1) is 13.5. The summed E-state index contributed by atoms with van der Waals surface area (Å²) in [7, 11) is 1.98. The molecule has 148 valence electrons. The number of carbonyl (C=O) groups excluding carboxylic acids is 1. The molecular formula is C24H30N2OS. The summed E-state index contributed by atoms with van der Waals surface area (Å²) in [6.07, 6.45) is 4.69. The topological polar surface area (TPSA) is 32.3 Å². The van der Waals surface area contributed by atoms with Gasteiger partial charge in [0.25, 0.3) is 5.91 Å². The average molecular weight is 395 g/mol. The highest BCUT2D eigenvalue weighted by Gasteiger charge is 2.36. The van der Waals surface area contributed by atoms with Gasteiger partial charge in [-0.2, -0.15) is 0 Å². The Kier molecular flexibility index (Phi) is 5.79. The molecule has 0 aromatic heterocycles. The van der Waals surface area contributed by atoms with Crippen LogP contribution in [0.1, 0.15) is 52.7 Å². The molecule has 0 aliphatic carbocycles. The maximum Gasteiger partial charge on any atom is 0.253 e. The van der Waals surface area contributed by atoms with Gasteiger partial charge in [-0.1, -0.05) is 29.8 Å². The molecule has 2 fully saturated rings. The van der Waals surface area contributed by atoms with Crippen molar-refractivity contribution in [2.45, 2.75) is 68.3 Å². The number of nitrogens with zero attached hydrogens (tertiary/aromatic N) is 1. The first kappa shape index (κ1) is 19.5. The van der Waals surface area contributed by atoms with Crippen LogP contribution in [0.2, 0.25) is 0 Å². The SMILES string of the molecule is Cc1ccc(SCc2cccc(C(=O)N(C)C3CC4CCC(C3)N4)c2)c(C)c1. The van der Waals surface area contributed by atoms with E-state index in [1.807, 2.05) is 35.8 Å². The van der Waals surface area contributed by atoms with Crippen molar-refractivity contribution < 1.29 is 4.79 Å². The summed E-state index contributed by atoms with van der Waals surface area (Å²) in [5, 5.41) is 3.66.